The van der Waals surface area contributed by atoms with Crippen molar-refractivity contribution in [3.63, 3.8) is 0 Å². The van der Waals surface area contributed by atoms with Crippen LogP contribution in [0.1, 0.15) is 0 Å². The molecule has 1 aromatic heterocycles. The highest BCUT2D eigenvalue weighted by Crippen LogP contribution is 2.17. The first-order chi connectivity index (χ1) is 5.63. The summed E-state index contributed by atoms with van der Waals surface area (Å²) in [6.45, 7) is -0.465. The van der Waals surface area contributed by atoms with E-state index in [0.29, 0.717) is 0 Å². The first-order valence-electron chi connectivity index (χ1n) is 3.28. The third-order valence-electron chi connectivity index (χ3n) is 1.27. The van der Waals surface area contributed by atoms with Crippen molar-refractivity contribution in [3.05, 3.63) is 6.20 Å². The summed E-state index contributed by atoms with van der Waals surface area (Å²) in [5, 5.41) is 3.66. The maximum absolute atomic E-state index is 11.8. The van der Waals surface area contributed by atoms with E-state index in [1.807, 2.05) is 0 Å². The quantitative estimate of drug-likeness (QED) is 0.820. The van der Waals surface area contributed by atoms with Crippen molar-refractivity contribution >= 4 is 18.1 Å². The standard InChI is InChI=1S/C6H9F2N3O.ClH/c1-12-6-4(9)2-11(10-6)3-5(7)8;/h2,5H,3,9H2,1H3;1H. The highest BCUT2D eigenvalue weighted by molar-refractivity contribution is 5.85. The molecule has 7 heteroatoms. The van der Waals surface area contributed by atoms with Gasteiger partial charge in [-0.1, -0.05) is 0 Å². The Labute approximate surface area is 80.1 Å². The molecule has 0 amide bonds. The Morgan fingerprint density at radius 2 is 2.31 bits per heavy atom. The number of nitrogen functional groups attached to an aromatic ring is 1. The summed E-state index contributed by atoms with van der Waals surface area (Å²) in [7, 11) is 1.38. The number of anilines is 1. The summed E-state index contributed by atoms with van der Waals surface area (Å²) in [5.74, 6) is 0.177. The molecule has 76 valence electrons. The van der Waals surface area contributed by atoms with Gasteiger partial charge in [-0.25, -0.2) is 8.78 Å². The minimum absolute atomic E-state index is 0. The smallest absolute Gasteiger partial charge is 0.257 e. The molecule has 0 aliphatic carbocycles. The Morgan fingerprint density at radius 3 is 2.69 bits per heavy atom. The lowest BCUT2D eigenvalue weighted by molar-refractivity contribution is 0.121. The number of rotatable bonds is 3. The van der Waals surface area contributed by atoms with Gasteiger partial charge in [-0.05, 0) is 0 Å². The molecule has 1 heterocycles. The number of alkyl halides is 2. The Morgan fingerprint density at radius 1 is 1.69 bits per heavy atom. The van der Waals surface area contributed by atoms with Crippen LogP contribution < -0.4 is 10.5 Å². The summed E-state index contributed by atoms with van der Waals surface area (Å²) in [4.78, 5) is 0. The molecule has 0 atom stereocenters. The van der Waals surface area contributed by atoms with Gasteiger partial charge in [0.1, 0.15) is 12.2 Å². The predicted molar refractivity (Wildman–Crippen MR) is 46.4 cm³/mol. The van der Waals surface area contributed by atoms with Crippen LogP contribution in [0.2, 0.25) is 0 Å². The number of hydrogen-bond acceptors (Lipinski definition) is 3. The molecule has 4 nitrogen and oxygen atoms in total. The third-order valence-corrected chi connectivity index (χ3v) is 1.27. The second-order valence-corrected chi connectivity index (χ2v) is 2.21. The van der Waals surface area contributed by atoms with E-state index in [0.717, 1.165) is 4.68 Å². The van der Waals surface area contributed by atoms with Gasteiger partial charge in [0, 0.05) is 0 Å². The third kappa shape index (κ3) is 3.06. The molecule has 0 aromatic carbocycles. The SMILES string of the molecule is COc1nn(CC(F)F)cc1N.Cl. The van der Waals surface area contributed by atoms with E-state index in [1.54, 1.807) is 0 Å². The normalized spacial score (nSPS) is 9.85. The zero-order valence-corrected chi connectivity index (χ0v) is 7.72. The van der Waals surface area contributed by atoms with Gasteiger partial charge in [-0.3, -0.25) is 4.68 Å². The van der Waals surface area contributed by atoms with Gasteiger partial charge in [0.25, 0.3) is 12.3 Å². The zero-order chi connectivity index (χ0) is 9.14. The average Bonchev–Trinajstić information content (AvgIpc) is 2.29. The zero-order valence-electron chi connectivity index (χ0n) is 6.91. The van der Waals surface area contributed by atoms with Crippen molar-refractivity contribution in [2.24, 2.45) is 0 Å². The maximum atomic E-state index is 11.8. The number of ether oxygens (including phenoxy) is 1. The van der Waals surface area contributed by atoms with E-state index < -0.39 is 13.0 Å². The Balaban J connectivity index is 0.00000144. The summed E-state index contributed by atoms with van der Waals surface area (Å²) >= 11 is 0. The van der Waals surface area contributed by atoms with Gasteiger partial charge in [0.15, 0.2) is 0 Å². The predicted octanol–water partition coefficient (Wildman–Crippen LogP) is 1.16. The Kier molecular flexibility index (Phi) is 4.47. The lowest BCUT2D eigenvalue weighted by Gasteiger charge is -1.97. The highest BCUT2D eigenvalue weighted by Gasteiger charge is 2.09. The Hall–Kier alpha value is -1.04. The topological polar surface area (TPSA) is 53.1 Å². The number of nitrogens with zero attached hydrogens (tertiary/aromatic N) is 2. The van der Waals surface area contributed by atoms with Gasteiger partial charge in [-0.2, -0.15) is 0 Å². The van der Waals surface area contributed by atoms with Gasteiger partial charge in [-0.15, -0.1) is 17.5 Å². The van der Waals surface area contributed by atoms with Crippen molar-refractivity contribution < 1.29 is 13.5 Å². The van der Waals surface area contributed by atoms with Crippen LogP contribution in [-0.2, 0) is 6.54 Å². The highest BCUT2D eigenvalue weighted by atomic mass is 35.5. The lowest BCUT2D eigenvalue weighted by Crippen LogP contribution is -2.06. The van der Waals surface area contributed by atoms with E-state index in [-0.39, 0.29) is 24.0 Å². The summed E-state index contributed by atoms with van der Waals surface area (Å²) in [6.07, 6.45) is -1.13. The first-order valence-corrected chi connectivity index (χ1v) is 3.28. The number of nitrogens with two attached hydrogens (primary N) is 1. The van der Waals surface area contributed by atoms with E-state index in [1.165, 1.54) is 13.3 Å². The number of aromatic nitrogens is 2. The molecule has 2 N–H and O–H groups in total. The first kappa shape index (κ1) is 12.0. The monoisotopic (exact) mass is 213 g/mol. The molecule has 13 heavy (non-hydrogen) atoms. The van der Waals surface area contributed by atoms with Gasteiger partial charge >= 0.3 is 0 Å². The molecular formula is C6H10ClF2N3O. The second-order valence-electron chi connectivity index (χ2n) is 2.21. The fraction of sp³-hybridized carbons (Fsp3) is 0.500. The molecule has 0 radical (unpaired) electrons. The van der Waals surface area contributed by atoms with Gasteiger partial charge < -0.3 is 10.5 Å². The molecular weight excluding hydrogens is 204 g/mol. The van der Waals surface area contributed by atoms with Crippen LogP contribution in [0.3, 0.4) is 0 Å². The van der Waals surface area contributed by atoms with Crippen LogP contribution in [0.15, 0.2) is 6.20 Å². The molecule has 1 aromatic rings. The fourth-order valence-corrected chi connectivity index (χ4v) is 0.813. The van der Waals surface area contributed by atoms with Gasteiger partial charge in [0.05, 0.1) is 13.3 Å². The summed E-state index contributed by atoms with van der Waals surface area (Å²) in [6, 6.07) is 0. The molecule has 0 spiro atoms. The van der Waals surface area contributed by atoms with Crippen molar-refractivity contribution in [1.82, 2.24) is 9.78 Å². The van der Waals surface area contributed by atoms with E-state index in [2.05, 4.69) is 5.10 Å². The van der Waals surface area contributed by atoms with Crippen molar-refractivity contribution in [2.45, 2.75) is 13.0 Å². The van der Waals surface area contributed by atoms with E-state index in [9.17, 15) is 8.78 Å². The van der Waals surface area contributed by atoms with Crippen LogP contribution in [-0.4, -0.2) is 23.3 Å². The molecule has 0 saturated carbocycles. The largest absolute Gasteiger partial charge is 0.478 e. The molecule has 0 bridgehead atoms. The van der Waals surface area contributed by atoms with Gasteiger partial charge in [0.2, 0.25) is 0 Å². The number of hydrogen-bond donors (Lipinski definition) is 1. The summed E-state index contributed by atoms with van der Waals surface area (Å²) < 4.78 is 29.4. The van der Waals surface area contributed by atoms with E-state index in [4.69, 9.17) is 10.5 Å². The average molecular weight is 214 g/mol. The summed E-state index contributed by atoms with van der Waals surface area (Å²) in [5.41, 5.74) is 5.64. The molecule has 0 aliphatic heterocycles. The van der Waals surface area contributed by atoms with Crippen LogP contribution in [0.4, 0.5) is 14.5 Å². The van der Waals surface area contributed by atoms with Crippen LogP contribution >= 0.6 is 12.4 Å². The van der Waals surface area contributed by atoms with Crippen molar-refractivity contribution in [3.8, 4) is 5.88 Å². The maximum Gasteiger partial charge on any atom is 0.257 e. The Bertz CT molecular complexity index is 266. The molecule has 0 unspecified atom stereocenters. The number of halogens is 3. The second kappa shape index (κ2) is 4.86. The lowest BCUT2D eigenvalue weighted by atomic mass is 10.6. The molecule has 0 aliphatic rings. The number of methoxy groups -OCH3 is 1. The van der Waals surface area contributed by atoms with E-state index >= 15 is 0 Å². The molecule has 0 saturated heterocycles. The van der Waals surface area contributed by atoms with Crippen molar-refractivity contribution in [2.75, 3.05) is 12.8 Å². The minimum atomic E-state index is -2.44. The van der Waals surface area contributed by atoms with Crippen molar-refractivity contribution in [1.29, 1.82) is 0 Å². The van der Waals surface area contributed by atoms with Crippen LogP contribution in [0, 0.1) is 0 Å². The molecule has 0 fully saturated rings. The fourth-order valence-electron chi connectivity index (χ4n) is 0.813. The van der Waals surface area contributed by atoms with Crippen LogP contribution in [0.25, 0.3) is 0 Å². The van der Waals surface area contributed by atoms with Crippen LogP contribution in [0.5, 0.6) is 5.88 Å². The molecule has 1 rings (SSSR count). The minimum Gasteiger partial charge on any atom is -0.478 e.